The Bertz CT molecular complexity index is 558. The fourth-order valence-electron chi connectivity index (χ4n) is 1.81. The number of para-hydroxylation sites is 1. The third-order valence-corrected chi connectivity index (χ3v) is 2.94. The molecule has 6 nitrogen and oxygen atoms in total. The first-order chi connectivity index (χ1) is 9.70. The number of hydrogen-bond donors (Lipinski definition) is 1. The molecule has 0 saturated heterocycles. The largest absolute Gasteiger partial charge is 0.340 e. The van der Waals surface area contributed by atoms with Gasteiger partial charge in [0.05, 0.1) is 18.4 Å². The number of halogens is 1. The Morgan fingerprint density at radius 1 is 1.33 bits per heavy atom. The van der Waals surface area contributed by atoms with E-state index in [2.05, 4.69) is 15.5 Å². The van der Waals surface area contributed by atoms with Gasteiger partial charge in [-0.1, -0.05) is 18.2 Å². The molecular formula is C14H20ClN5O. The maximum absolute atomic E-state index is 11.8. The van der Waals surface area contributed by atoms with Crippen molar-refractivity contribution in [3.8, 4) is 5.69 Å². The SMILES string of the molecule is CNCCC(=O)N(C)Cc1cnn(-c2ccccc2)n1.Cl. The number of rotatable bonds is 6. The molecule has 0 saturated carbocycles. The Kier molecular flexibility index (Phi) is 6.84. The van der Waals surface area contributed by atoms with Crippen molar-refractivity contribution in [2.45, 2.75) is 13.0 Å². The van der Waals surface area contributed by atoms with Crippen LogP contribution in [0.4, 0.5) is 0 Å². The lowest BCUT2D eigenvalue weighted by Crippen LogP contribution is -2.28. The molecular weight excluding hydrogens is 290 g/mol. The normalized spacial score (nSPS) is 10.0. The van der Waals surface area contributed by atoms with Crippen molar-refractivity contribution < 1.29 is 4.79 Å². The molecule has 1 aromatic carbocycles. The summed E-state index contributed by atoms with van der Waals surface area (Å²) >= 11 is 0. The Labute approximate surface area is 130 Å². The molecule has 2 rings (SSSR count). The Morgan fingerprint density at radius 2 is 2.05 bits per heavy atom. The van der Waals surface area contributed by atoms with E-state index in [1.54, 1.807) is 22.9 Å². The van der Waals surface area contributed by atoms with Crippen LogP contribution in [0.25, 0.3) is 5.69 Å². The van der Waals surface area contributed by atoms with Gasteiger partial charge in [-0.25, -0.2) is 0 Å². The van der Waals surface area contributed by atoms with E-state index in [9.17, 15) is 4.79 Å². The average molecular weight is 310 g/mol. The van der Waals surface area contributed by atoms with E-state index >= 15 is 0 Å². The number of hydrogen-bond acceptors (Lipinski definition) is 4. The summed E-state index contributed by atoms with van der Waals surface area (Å²) in [5.41, 5.74) is 1.68. The molecule has 0 aliphatic rings. The topological polar surface area (TPSA) is 63.1 Å². The lowest BCUT2D eigenvalue weighted by Gasteiger charge is -2.15. The van der Waals surface area contributed by atoms with Crippen molar-refractivity contribution in [3.63, 3.8) is 0 Å². The van der Waals surface area contributed by atoms with Crippen molar-refractivity contribution in [1.29, 1.82) is 0 Å². The first-order valence-corrected chi connectivity index (χ1v) is 6.56. The molecule has 114 valence electrons. The molecule has 0 aliphatic carbocycles. The van der Waals surface area contributed by atoms with E-state index in [-0.39, 0.29) is 18.3 Å². The Balaban J connectivity index is 0.00000220. The van der Waals surface area contributed by atoms with Gasteiger partial charge in [0.15, 0.2) is 0 Å². The molecule has 1 heterocycles. The van der Waals surface area contributed by atoms with Gasteiger partial charge in [0.1, 0.15) is 5.69 Å². The van der Waals surface area contributed by atoms with Gasteiger partial charge in [-0.15, -0.1) is 12.4 Å². The predicted molar refractivity (Wildman–Crippen MR) is 83.6 cm³/mol. The maximum Gasteiger partial charge on any atom is 0.223 e. The highest BCUT2D eigenvalue weighted by Crippen LogP contribution is 2.06. The molecule has 7 heteroatoms. The summed E-state index contributed by atoms with van der Waals surface area (Å²) in [5, 5.41) is 11.6. The zero-order chi connectivity index (χ0) is 14.4. The van der Waals surface area contributed by atoms with E-state index in [4.69, 9.17) is 0 Å². The first-order valence-electron chi connectivity index (χ1n) is 6.56. The molecule has 1 aromatic heterocycles. The standard InChI is InChI=1S/C14H19N5O.ClH/c1-15-9-8-14(20)18(2)11-12-10-16-19(17-12)13-6-4-3-5-7-13;/h3-7,10,15H,8-9,11H2,1-2H3;1H. The van der Waals surface area contributed by atoms with Crippen LogP contribution < -0.4 is 5.32 Å². The van der Waals surface area contributed by atoms with Gasteiger partial charge in [-0.05, 0) is 19.2 Å². The molecule has 21 heavy (non-hydrogen) atoms. The summed E-state index contributed by atoms with van der Waals surface area (Å²) in [6.45, 7) is 1.15. The van der Waals surface area contributed by atoms with Gasteiger partial charge < -0.3 is 10.2 Å². The Hall–Kier alpha value is -1.92. The van der Waals surface area contributed by atoms with E-state index in [1.165, 1.54) is 0 Å². The molecule has 2 aromatic rings. The highest BCUT2D eigenvalue weighted by atomic mass is 35.5. The molecule has 0 unspecified atom stereocenters. The van der Waals surface area contributed by atoms with E-state index in [1.807, 2.05) is 37.4 Å². The summed E-state index contributed by atoms with van der Waals surface area (Å²) in [5.74, 6) is 0.0913. The highest BCUT2D eigenvalue weighted by molar-refractivity contribution is 5.85. The van der Waals surface area contributed by atoms with Gasteiger partial charge in [0.2, 0.25) is 5.91 Å². The second kappa shape index (κ2) is 8.39. The van der Waals surface area contributed by atoms with Crippen LogP contribution in [0, 0.1) is 0 Å². The van der Waals surface area contributed by atoms with Crippen LogP contribution in [0.5, 0.6) is 0 Å². The van der Waals surface area contributed by atoms with Crippen LogP contribution in [-0.4, -0.2) is 46.4 Å². The first kappa shape index (κ1) is 17.1. The van der Waals surface area contributed by atoms with Crippen LogP contribution in [0.2, 0.25) is 0 Å². The van der Waals surface area contributed by atoms with Gasteiger partial charge >= 0.3 is 0 Å². The number of carbonyl (C=O) groups is 1. The minimum atomic E-state index is 0. The van der Waals surface area contributed by atoms with Crippen LogP contribution in [0.3, 0.4) is 0 Å². The van der Waals surface area contributed by atoms with Gasteiger partial charge in [-0.3, -0.25) is 4.79 Å². The number of aromatic nitrogens is 3. The van der Waals surface area contributed by atoms with Gasteiger partial charge in [0.25, 0.3) is 0 Å². The van der Waals surface area contributed by atoms with Gasteiger partial charge in [-0.2, -0.15) is 15.0 Å². The molecule has 0 fully saturated rings. The molecule has 1 amide bonds. The molecule has 0 aliphatic heterocycles. The number of carbonyl (C=O) groups excluding carboxylic acids is 1. The fourth-order valence-corrected chi connectivity index (χ4v) is 1.81. The smallest absolute Gasteiger partial charge is 0.223 e. The number of benzene rings is 1. The minimum absolute atomic E-state index is 0. The second-order valence-corrected chi connectivity index (χ2v) is 4.56. The van der Waals surface area contributed by atoms with Crippen molar-refractivity contribution in [3.05, 3.63) is 42.2 Å². The summed E-state index contributed by atoms with van der Waals surface area (Å²) < 4.78 is 0. The van der Waals surface area contributed by atoms with Crippen LogP contribution in [0.1, 0.15) is 12.1 Å². The quantitative estimate of drug-likeness (QED) is 0.872. The van der Waals surface area contributed by atoms with Gasteiger partial charge in [0, 0.05) is 20.0 Å². The van der Waals surface area contributed by atoms with Crippen molar-refractivity contribution in [2.75, 3.05) is 20.6 Å². The summed E-state index contributed by atoms with van der Waals surface area (Å²) in [4.78, 5) is 15.0. The monoisotopic (exact) mass is 309 g/mol. The molecule has 1 N–H and O–H groups in total. The summed E-state index contributed by atoms with van der Waals surface area (Å²) in [6.07, 6.45) is 2.18. The summed E-state index contributed by atoms with van der Waals surface area (Å²) in [7, 11) is 3.61. The molecule has 0 bridgehead atoms. The molecule has 0 spiro atoms. The second-order valence-electron chi connectivity index (χ2n) is 4.56. The average Bonchev–Trinajstić information content (AvgIpc) is 2.94. The van der Waals surface area contributed by atoms with E-state index in [0.717, 1.165) is 11.4 Å². The molecule has 0 atom stereocenters. The lowest BCUT2D eigenvalue weighted by atomic mass is 10.3. The number of nitrogens with zero attached hydrogens (tertiary/aromatic N) is 4. The van der Waals surface area contributed by atoms with Crippen molar-refractivity contribution in [1.82, 2.24) is 25.2 Å². The van der Waals surface area contributed by atoms with Crippen LogP contribution in [-0.2, 0) is 11.3 Å². The van der Waals surface area contributed by atoms with E-state index < -0.39 is 0 Å². The number of amides is 1. The summed E-state index contributed by atoms with van der Waals surface area (Å²) in [6, 6.07) is 9.69. The predicted octanol–water partition coefficient (Wildman–Crippen LogP) is 1.26. The minimum Gasteiger partial charge on any atom is -0.340 e. The Morgan fingerprint density at radius 3 is 2.71 bits per heavy atom. The zero-order valence-corrected chi connectivity index (χ0v) is 13.0. The third-order valence-electron chi connectivity index (χ3n) is 2.94. The van der Waals surface area contributed by atoms with Crippen LogP contribution >= 0.6 is 12.4 Å². The van der Waals surface area contributed by atoms with Crippen molar-refractivity contribution >= 4 is 18.3 Å². The zero-order valence-electron chi connectivity index (χ0n) is 12.2. The maximum atomic E-state index is 11.8. The molecule has 0 radical (unpaired) electrons. The third kappa shape index (κ3) is 4.84. The number of nitrogens with one attached hydrogen (secondary N) is 1. The highest BCUT2D eigenvalue weighted by Gasteiger charge is 2.11. The van der Waals surface area contributed by atoms with E-state index in [0.29, 0.717) is 19.5 Å². The fraction of sp³-hybridized carbons (Fsp3) is 0.357. The van der Waals surface area contributed by atoms with Crippen LogP contribution in [0.15, 0.2) is 36.5 Å². The van der Waals surface area contributed by atoms with Crippen molar-refractivity contribution in [2.24, 2.45) is 0 Å². The lowest BCUT2D eigenvalue weighted by molar-refractivity contribution is -0.130.